The maximum Gasteiger partial charge on any atom is 0.119 e. The maximum atomic E-state index is 9.87. The summed E-state index contributed by atoms with van der Waals surface area (Å²) in [5.41, 5.74) is 1.27. The molecule has 0 saturated heterocycles. The highest BCUT2D eigenvalue weighted by Crippen LogP contribution is 2.17. The number of halogens is 1. The van der Waals surface area contributed by atoms with Crippen molar-refractivity contribution in [3.8, 4) is 5.75 Å². The third kappa shape index (κ3) is 5.45. The predicted molar refractivity (Wildman–Crippen MR) is 85.6 cm³/mol. The lowest BCUT2D eigenvalue weighted by molar-refractivity contribution is 0.126. The van der Waals surface area contributed by atoms with Gasteiger partial charge in [-0.05, 0) is 29.8 Å². The molecule has 0 aliphatic heterocycles. The quantitative estimate of drug-likeness (QED) is 0.838. The number of benzene rings is 2. The first-order chi connectivity index (χ1) is 9.74. The Bertz CT molecular complexity index is 502. The van der Waals surface area contributed by atoms with Gasteiger partial charge < -0.3 is 9.84 Å². The van der Waals surface area contributed by atoms with Crippen molar-refractivity contribution in [3.63, 3.8) is 0 Å². The van der Waals surface area contributed by atoms with E-state index < -0.39 is 6.10 Å². The van der Waals surface area contributed by atoms with Crippen LogP contribution in [0.1, 0.15) is 5.56 Å². The fourth-order valence-corrected chi connectivity index (χ4v) is 2.70. The Balaban J connectivity index is 1.65. The van der Waals surface area contributed by atoms with Crippen molar-refractivity contribution >= 4 is 23.4 Å². The Hall–Kier alpha value is -1.16. The molecule has 2 rings (SSSR count). The summed E-state index contributed by atoms with van der Waals surface area (Å²) in [5, 5.41) is 10.5. The van der Waals surface area contributed by atoms with Crippen LogP contribution in [0.4, 0.5) is 0 Å². The summed E-state index contributed by atoms with van der Waals surface area (Å²) in [4.78, 5) is 0. The first-order valence-electron chi connectivity index (χ1n) is 6.42. The summed E-state index contributed by atoms with van der Waals surface area (Å²) in [6, 6.07) is 17.4. The van der Waals surface area contributed by atoms with Crippen LogP contribution in [0.15, 0.2) is 54.6 Å². The molecule has 1 atom stereocenters. The van der Waals surface area contributed by atoms with Crippen molar-refractivity contribution in [3.05, 3.63) is 65.2 Å². The number of aliphatic hydroxyl groups excluding tert-OH is 1. The second-order valence-electron chi connectivity index (χ2n) is 4.42. The molecule has 4 heteroatoms. The van der Waals surface area contributed by atoms with Gasteiger partial charge in [-0.15, -0.1) is 0 Å². The lowest BCUT2D eigenvalue weighted by Crippen LogP contribution is -2.20. The van der Waals surface area contributed by atoms with Gasteiger partial charge in [0.05, 0.1) is 6.10 Å². The van der Waals surface area contributed by atoms with Crippen molar-refractivity contribution in [1.29, 1.82) is 0 Å². The molecule has 0 radical (unpaired) electrons. The minimum absolute atomic E-state index is 0.295. The van der Waals surface area contributed by atoms with Crippen molar-refractivity contribution in [2.45, 2.75) is 11.9 Å². The molecule has 0 spiro atoms. The molecule has 2 aromatic rings. The van der Waals surface area contributed by atoms with Crippen LogP contribution in [0.3, 0.4) is 0 Å². The van der Waals surface area contributed by atoms with E-state index >= 15 is 0 Å². The largest absolute Gasteiger partial charge is 0.491 e. The van der Waals surface area contributed by atoms with E-state index in [2.05, 4.69) is 12.1 Å². The summed E-state index contributed by atoms with van der Waals surface area (Å²) >= 11 is 7.49. The van der Waals surface area contributed by atoms with Crippen molar-refractivity contribution < 1.29 is 9.84 Å². The zero-order valence-electron chi connectivity index (χ0n) is 11.0. The highest BCUT2D eigenvalue weighted by molar-refractivity contribution is 7.98. The predicted octanol–water partition coefficient (Wildman–Crippen LogP) is 4.01. The van der Waals surface area contributed by atoms with Gasteiger partial charge in [-0.2, -0.15) is 11.8 Å². The van der Waals surface area contributed by atoms with E-state index in [9.17, 15) is 5.11 Å². The molecule has 1 unspecified atom stereocenters. The lowest BCUT2D eigenvalue weighted by atomic mass is 10.2. The smallest absolute Gasteiger partial charge is 0.119 e. The minimum Gasteiger partial charge on any atom is -0.491 e. The van der Waals surface area contributed by atoms with Gasteiger partial charge >= 0.3 is 0 Å². The third-order valence-corrected chi connectivity index (χ3v) is 4.09. The van der Waals surface area contributed by atoms with Crippen LogP contribution in [0.5, 0.6) is 5.75 Å². The molecule has 106 valence electrons. The molecule has 0 amide bonds. The molecule has 0 heterocycles. The van der Waals surface area contributed by atoms with E-state index in [-0.39, 0.29) is 0 Å². The fourth-order valence-electron chi connectivity index (χ4n) is 1.66. The first-order valence-corrected chi connectivity index (χ1v) is 7.95. The highest BCUT2D eigenvalue weighted by atomic mass is 35.5. The third-order valence-electron chi connectivity index (χ3n) is 2.68. The number of hydrogen-bond donors (Lipinski definition) is 1. The van der Waals surface area contributed by atoms with Crippen molar-refractivity contribution in [2.24, 2.45) is 0 Å². The molecular formula is C16H17ClO2S. The number of ether oxygens (including phenoxy) is 1. The monoisotopic (exact) mass is 308 g/mol. The Morgan fingerprint density at radius 3 is 2.45 bits per heavy atom. The molecule has 0 aromatic heterocycles. The van der Waals surface area contributed by atoms with E-state index in [1.165, 1.54) is 5.56 Å². The number of thioether (sulfide) groups is 1. The first kappa shape index (κ1) is 15.2. The summed E-state index contributed by atoms with van der Waals surface area (Å²) in [6.07, 6.45) is -0.473. The average Bonchev–Trinajstić information content (AvgIpc) is 2.48. The Morgan fingerprint density at radius 1 is 1.05 bits per heavy atom. The van der Waals surface area contributed by atoms with Gasteiger partial charge in [0.15, 0.2) is 0 Å². The van der Waals surface area contributed by atoms with E-state index in [1.807, 2.05) is 18.2 Å². The molecule has 2 nitrogen and oxygen atoms in total. The van der Waals surface area contributed by atoms with Crippen LogP contribution in [0, 0.1) is 0 Å². The Labute approximate surface area is 128 Å². The van der Waals surface area contributed by atoms with Gasteiger partial charge in [0.2, 0.25) is 0 Å². The van der Waals surface area contributed by atoms with Crippen LogP contribution >= 0.6 is 23.4 Å². The average molecular weight is 309 g/mol. The van der Waals surface area contributed by atoms with E-state index in [4.69, 9.17) is 16.3 Å². The number of rotatable bonds is 7. The standard InChI is InChI=1S/C16H17ClO2S/c17-14-6-8-16(9-7-14)19-10-15(18)12-20-11-13-4-2-1-3-5-13/h1-9,15,18H,10-12H2. The van der Waals surface area contributed by atoms with Crippen LogP contribution in [-0.4, -0.2) is 23.6 Å². The molecule has 1 N–H and O–H groups in total. The van der Waals surface area contributed by atoms with Gasteiger partial charge in [-0.25, -0.2) is 0 Å². The van der Waals surface area contributed by atoms with Gasteiger partial charge in [0, 0.05) is 16.5 Å². The molecule has 0 bridgehead atoms. The molecule has 0 aliphatic rings. The summed E-state index contributed by atoms with van der Waals surface area (Å²) in [5.74, 6) is 2.28. The number of aliphatic hydroxyl groups is 1. The molecule has 0 saturated carbocycles. The zero-order chi connectivity index (χ0) is 14.2. The minimum atomic E-state index is -0.473. The van der Waals surface area contributed by atoms with Crippen LogP contribution in [0.2, 0.25) is 5.02 Å². The van der Waals surface area contributed by atoms with E-state index in [1.54, 1.807) is 36.0 Å². The molecule has 20 heavy (non-hydrogen) atoms. The molecule has 2 aromatic carbocycles. The number of hydrogen-bond acceptors (Lipinski definition) is 3. The fraction of sp³-hybridized carbons (Fsp3) is 0.250. The lowest BCUT2D eigenvalue weighted by Gasteiger charge is -2.12. The normalized spacial score (nSPS) is 12.1. The zero-order valence-corrected chi connectivity index (χ0v) is 12.6. The van der Waals surface area contributed by atoms with Crippen LogP contribution < -0.4 is 4.74 Å². The SMILES string of the molecule is OC(COc1ccc(Cl)cc1)CSCc1ccccc1. The van der Waals surface area contributed by atoms with Crippen molar-refractivity contribution in [1.82, 2.24) is 0 Å². The summed E-state index contributed by atoms with van der Waals surface area (Å²) < 4.78 is 5.50. The van der Waals surface area contributed by atoms with Gasteiger partial charge in [0.25, 0.3) is 0 Å². The summed E-state index contributed by atoms with van der Waals surface area (Å²) in [7, 11) is 0. The van der Waals surface area contributed by atoms with E-state index in [0.29, 0.717) is 17.4 Å². The highest BCUT2D eigenvalue weighted by Gasteiger charge is 2.06. The molecular weight excluding hydrogens is 292 g/mol. The summed E-state index contributed by atoms with van der Waals surface area (Å²) in [6.45, 7) is 0.295. The van der Waals surface area contributed by atoms with Crippen LogP contribution in [-0.2, 0) is 5.75 Å². The molecule has 0 aliphatic carbocycles. The van der Waals surface area contributed by atoms with Gasteiger partial charge in [0.1, 0.15) is 12.4 Å². The second-order valence-corrected chi connectivity index (χ2v) is 5.89. The van der Waals surface area contributed by atoms with Crippen LogP contribution in [0.25, 0.3) is 0 Å². The van der Waals surface area contributed by atoms with E-state index in [0.717, 1.165) is 11.5 Å². The van der Waals surface area contributed by atoms with Gasteiger partial charge in [-0.3, -0.25) is 0 Å². The Kier molecular flexibility index (Phi) is 6.25. The topological polar surface area (TPSA) is 29.5 Å². The Morgan fingerprint density at radius 2 is 1.75 bits per heavy atom. The molecule has 0 fully saturated rings. The van der Waals surface area contributed by atoms with Crippen molar-refractivity contribution in [2.75, 3.05) is 12.4 Å². The van der Waals surface area contributed by atoms with Gasteiger partial charge in [-0.1, -0.05) is 41.9 Å². The second kappa shape index (κ2) is 8.20. The maximum absolute atomic E-state index is 9.87.